The Hall–Kier alpha value is -2.08. The van der Waals surface area contributed by atoms with Gasteiger partial charge in [0.15, 0.2) is 6.61 Å². The van der Waals surface area contributed by atoms with E-state index < -0.39 is 18.5 Å². The maximum absolute atomic E-state index is 11.9. The molecule has 2 N–H and O–H groups in total. The summed E-state index contributed by atoms with van der Waals surface area (Å²) < 4.78 is 4.95. The van der Waals surface area contributed by atoms with E-state index in [1.165, 1.54) is 12.1 Å². The maximum Gasteiger partial charge on any atom is 0.338 e. The number of esters is 1. The number of halogens is 2. The van der Waals surface area contributed by atoms with E-state index in [1.54, 1.807) is 31.2 Å². The molecule has 0 aliphatic rings. The molecule has 2 rings (SSSR count). The summed E-state index contributed by atoms with van der Waals surface area (Å²) in [6.07, 6.45) is 0. The van der Waals surface area contributed by atoms with Gasteiger partial charge in [0.05, 0.1) is 27.9 Å². The maximum atomic E-state index is 11.9. The van der Waals surface area contributed by atoms with Gasteiger partial charge in [-0.15, -0.1) is 0 Å². The quantitative estimate of drug-likeness (QED) is 0.791. The Labute approximate surface area is 149 Å². The number of nitrogens with one attached hydrogen (secondary N) is 1. The highest BCUT2D eigenvalue weighted by atomic mass is 35.5. The monoisotopic (exact) mass is 367 g/mol. The van der Waals surface area contributed by atoms with Gasteiger partial charge in [0, 0.05) is 0 Å². The molecule has 0 aromatic heterocycles. The van der Waals surface area contributed by atoms with E-state index >= 15 is 0 Å². The largest absolute Gasteiger partial charge is 0.452 e. The van der Waals surface area contributed by atoms with Crippen molar-refractivity contribution in [3.05, 3.63) is 63.1 Å². The third-order valence-electron chi connectivity index (χ3n) is 3.26. The molecule has 0 fully saturated rings. The predicted molar refractivity (Wildman–Crippen MR) is 92.5 cm³/mol. The molecule has 24 heavy (non-hydrogen) atoms. The number of carbonyl (C=O) groups excluding carboxylic acids is 2. The number of anilines is 1. The van der Waals surface area contributed by atoms with Crippen LogP contribution in [0.1, 0.15) is 21.5 Å². The van der Waals surface area contributed by atoms with Crippen molar-refractivity contribution in [3.8, 4) is 0 Å². The highest BCUT2D eigenvalue weighted by molar-refractivity contribution is 6.40. The van der Waals surface area contributed by atoms with Crippen LogP contribution in [0.2, 0.25) is 10.0 Å². The number of aliphatic hydroxyl groups is 1. The van der Waals surface area contributed by atoms with E-state index in [9.17, 15) is 9.59 Å². The van der Waals surface area contributed by atoms with Crippen molar-refractivity contribution in [1.82, 2.24) is 0 Å². The number of aryl methyl sites for hydroxylation is 1. The molecule has 0 radical (unpaired) electrons. The van der Waals surface area contributed by atoms with Crippen molar-refractivity contribution < 1.29 is 19.4 Å². The minimum atomic E-state index is -0.643. The first-order valence-corrected chi connectivity index (χ1v) is 7.79. The van der Waals surface area contributed by atoms with Crippen LogP contribution in [0.5, 0.6) is 0 Å². The standard InChI is InChI=1S/C17H15Cl2NO4/c1-10-2-7-13(18)16(15(10)19)20-14(22)9-24-17(23)12-5-3-11(8-21)4-6-12/h2-7,21H,8-9H2,1H3,(H,20,22). The Morgan fingerprint density at radius 3 is 2.42 bits per heavy atom. The van der Waals surface area contributed by atoms with E-state index in [2.05, 4.69) is 5.32 Å². The summed E-state index contributed by atoms with van der Waals surface area (Å²) in [5.74, 6) is -1.19. The van der Waals surface area contributed by atoms with Gasteiger partial charge in [-0.05, 0) is 36.2 Å². The molecule has 5 nitrogen and oxygen atoms in total. The van der Waals surface area contributed by atoms with Gasteiger partial charge in [-0.2, -0.15) is 0 Å². The topological polar surface area (TPSA) is 75.6 Å². The summed E-state index contributed by atoms with van der Waals surface area (Å²) >= 11 is 12.1. The lowest BCUT2D eigenvalue weighted by molar-refractivity contribution is -0.119. The van der Waals surface area contributed by atoms with Crippen LogP contribution in [0.25, 0.3) is 0 Å². The van der Waals surface area contributed by atoms with Crippen LogP contribution < -0.4 is 5.32 Å². The minimum Gasteiger partial charge on any atom is -0.452 e. The SMILES string of the molecule is Cc1ccc(Cl)c(NC(=O)COC(=O)c2ccc(CO)cc2)c1Cl. The fourth-order valence-corrected chi connectivity index (χ4v) is 2.37. The second kappa shape index (κ2) is 8.15. The highest BCUT2D eigenvalue weighted by Gasteiger charge is 2.14. The Balaban J connectivity index is 1.95. The summed E-state index contributed by atoms with van der Waals surface area (Å²) in [6, 6.07) is 9.58. The Kier molecular flexibility index (Phi) is 6.20. The minimum absolute atomic E-state index is 0.115. The molecule has 0 aliphatic heterocycles. The van der Waals surface area contributed by atoms with Gasteiger partial charge in [0.2, 0.25) is 0 Å². The Morgan fingerprint density at radius 2 is 1.79 bits per heavy atom. The first kappa shape index (κ1) is 18.3. The van der Waals surface area contributed by atoms with Crippen LogP contribution in [0.4, 0.5) is 5.69 Å². The van der Waals surface area contributed by atoms with Crippen molar-refractivity contribution in [2.75, 3.05) is 11.9 Å². The number of hydrogen-bond donors (Lipinski definition) is 2. The lowest BCUT2D eigenvalue weighted by Gasteiger charge is -2.11. The van der Waals surface area contributed by atoms with Crippen LogP contribution in [0.3, 0.4) is 0 Å². The molecule has 0 aliphatic carbocycles. The van der Waals surface area contributed by atoms with E-state index in [-0.39, 0.29) is 17.9 Å². The summed E-state index contributed by atoms with van der Waals surface area (Å²) in [7, 11) is 0. The molecule has 0 atom stereocenters. The van der Waals surface area contributed by atoms with Crippen molar-refractivity contribution in [2.45, 2.75) is 13.5 Å². The molecule has 0 bridgehead atoms. The number of ether oxygens (including phenoxy) is 1. The van der Waals surface area contributed by atoms with Crippen molar-refractivity contribution in [2.24, 2.45) is 0 Å². The molecule has 0 heterocycles. The van der Waals surface area contributed by atoms with Crippen molar-refractivity contribution in [3.63, 3.8) is 0 Å². The number of aliphatic hydroxyl groups excluding tert-OH is 1. The summed E-state index contributed by atoms with van der Waals surface area (Å²) in [5.41, 5.74) is 2.00. The first-order chi connectivity index (χ1) is 11.4. The zero-order valence-corrected chi connectivity index (χ0v) is 14.3. The molecular formula is C17H15Cl2NO4. The van der Waals surface area contributed by atoms with Crippen LogP contribution in [-0.2, 0) is 16.1 Å². The second-order valence-corrected chi connectivity index (χ2v) is 5.82. The van der Waals surface area contributed by atoms with Gasteiger partial charge in [-0.1, -0.05) is 41.4 Å². The van der Waals surface area contributed by atoms with Crippen molar-refractivity contribution in [1.29, 1.82) is 0 Å². The van der Waals surface area contributed by atoms with E-state index in [0.717, 1.165) is 5.56 Å². The first-order valence-electron chi connectivity index (χ1n) is 7.03. The number of benzene rings is 2. The Morgan fingerprint density at radius 1 is 1.12 bits per heavy atom. The zero-order chi connectivity index (χ0) is 17.7. The van der Waals surface area contributed by atoms with Gasteiger partial charge in [-0.3, -0.25) is 4.79 Å². The summed E-state index contributed by atoms with van der Waals surface area (Å²) in [6.45, 7) is 1.20. The molecule has 2 aromatic carbocycles. The lowest BCUT2D eigenvalue weighted by atomic mass is 10.1. The van der Waals surface area contributed by atoms with Crippen LogP contribution in [0, 0.1) is 6.92 Å². The van der Waals surface area contributed by atoms with E-state index in [0.29, 0.717) is 15.6 Å². The molecule has 2 aromatic rings. The van der Waals surface area contributed by atoms with E-state index in [1.807, 2.05) is 0 Å². The molecular weight excluding hydrogens is 353 g/mol. The molecule has 0 saturated heterocycles. The average Bonchev–Trinajstić information content (AvgIpc) is 2.60. The van der Waals surface area contributed by atoms with Gasteiger partial charge in [0.25, 0.3) is 5.91 Å². The highest BCUT2D eigenvalue weighted by Crippen LogP contribution is 2.32. The van der Waals surface area contributed by atoms with Gasteiger partial charge in [0.1, 0.15) is 0 Å². The third kappa shape index (κ3) is 4.47. The number of carbonyl (C=O) groups is 2. The molecule has 126 valence electrons. The van der Waals surface area contributed by atoms with Crippen LogP contribution in [-0.4, -0.2) is 23.6 Å². The van der Waals surface area contributed by atoms with Gasteiger partial charge >= 0.3 is 5.97 Å². The normalized spacial score (nSPS) is 10.3. The van der Waals surface area contributed by atoms with Crippen molar-refractivity contribution >= 4 is 40.8 Å². The average molecular weight is 368 g/mol. The van der Waals surface area contributed by atoms with E-state index in [4.69, 9.17) is 33.0 Å². The molecule has 0 saturated carbocycles. The summed E-state index contributed by atoms with van der Waals surface area (Å²) in [5, 5.41) is 12.1. The Bertz CT molecular complexity index is 760. The number of hydrogen-bond acceptors (Lipinski definition) is 4. The van der Waals surface area contributed by atoms with Gasteiger partial charge < -0.3 is 15.2 Å². The second-order valence-electron chi connectivity index (χ2n) is 5.03. The van der Waals surface area contributed by atoms with Crippen LogP contribution >= 0.6 is 23.2 Å². The predicted octanol–water partition coefficient (Wildman–Crippen LogP) is 3.59. The fraction of sp³-hybridized carbons (Fsp3) is 0.176. The molecule has 0 unspecified atom stereocenters. The zero-order valence-electron chi connectivity index (χ0n) is 12.8. The van der Waals surface area contributed by atoms with Crippen LogP contribution in [0.15, 0.2) is 36.4 Å². The molecule has 0 spiro atoms. The summed E-state index contributed by atoms with van der Waals surface area (Å²) in [4.78, 5) is 23.8. The van der Waals surface area contributed by atoms with Gasteiger partial charge in [-0.25, -0.2) is 4.79 Å². The fourth-order valence-electron chi connectivity index (χ4n) is 1.91. The smallest absolute Gasteiger partial charge is 0.338 e. The molecule has 1 amide bonds. The number of rotatable bonds is 5. The molecule has 7 heteroatoms. The third-order valence-corrected chi connectivity index (χ3v) is 4.06. The lowest BCUT2D eigenvalue weighted by Crippen LogP contribution is -2.21. The number of amides is 1.